The van der Waals surface area contributed by atoms with Crippen molar-refractivity contribution in [2.24, 2.45) is 0 Å². The molecular formula is C28H28N4O3. The first-order chi connectivity index (χ1) is 17.1. The maximum Gasteiger partial charge on any atom is 0.233 e. The Bertz CT molecular complexity index is 1410. The third-order valence-electron chi connectivity index (χ3n) is 7.10. The van der Waals surface area contributed by atoms with Crippen molar-refractivity contribution in [2.45, 2.75) is 44.6 Å². The Hall–Kier alpha value is -3.87. The number of nitrogens with zero attached hydrogens (tertiary/aromatic N) is 2. The number of ether oxygens (including phenoxy) is 2. The Labute approximate surface area is 203 Å². The second-order valence-electron chi connectivity index (χ2n) is 9.46. The second-order valence-corrected chi connectivity index (χ2v) is 9.46. The topological polar surface area (TPSA) is 89.1 Å². The summed E-state index contributed by atoms with van der Waals surface area (Å²) in [5.74, 6) is 1.21. The van der Waals surface area contributed by atoms with E-state index in [4.69, 9.17) is 9.47 Å². The van der Waals surface area contributed by atoms with Crippen LogP contribution in [0.3, 0.4) is 0 Å². The van der Waals surface area contributed by atoms with Crippen LogP contribution in [0.4, 0.5) is 0 Å². The van der Waals surface area contributed by atoms with Gasteiger partial charge in [0.2, 0.25) is 11.8 Å². The number of aromatic nitrogens is 3. The van der Waals surface area contributed by atoms with Gasteiger partial charge in [-0.25, -0.2) is 0 Å². The first-order valence-electron chi connectivity index (χ1n) is 12.2. The fourth-order valence-electron chi connectivity index (χ4n) is 5.48. The molecular weight excluding hydrogens is 440 g/mol. The average Bonchev–Trinajstić information content (AvgIpc) is 3.47. The number of amides is 1. The van der Waals surface area contributed by atoms with Crippen LogP contribution in [0, 0.1) is 6.92 Å². The van der Waals surface area contributed by atoms with Gasteiger partial charge in [0.1, 0.15) is 11.9 Å². The summed E-state index contributed by atoms with van der Waals surface area (Å²) >= 11 is 0. The van der Waals surface area contributed by atoms with Gasteiger partial charge in [0, 0.05) is 34.6 Å². The molecule has 2 atom stereocenters. The number of benzene rings is 2. The summed E-state index contributed by atoms with van der Waals surface area (Å²) < 4.78 is 11.5. The number of para-hydroxylation sites is 1. The van der Waals surface area contributed by atoms with E-state index in [1.54, 1.807) is 13.2 Å². The van der Waals surface area contributed by atoms with Crippen molar-refractivity contribution in [1.82, 2.24) is 20.5 Å². The lowest BCUT2D eigenvalue weighted by atomic mass is 9.86. The van der Waals surface area contributed by atoms with Gasteiger partial charge in [-0.3, -0.25) is 4.79 Å². The van der Waals surface area contributed by atoms with Crippen molar-refractivity contribution < 1.29 is 14.3 Å². The number of hydrogen-bond donors (Lipinski definition) is 2. The highest BCUT2D eigenvalue weighted by atomic mass is 16.5. The van der Waals surface area contributed by atoms with E-state index in [2.05, 4.69) is 57.8 Å². The zero-order chi connectivity index (χ0) is 23.9. The van der Waals surface area contributed by atoms with Crippen molar-refractivity contribution >= 4 is 16.8 Å². The van der Waals surface area contributed by atoms with Gasteiger partial charge in [0.05, 0.1) is 25.3 Å². The molecule has 2 unspecified atom stereocenters. The Morgan fingerprint density at radius 2 is 2.09 bits per heavy atom. The quantitative estimate of drug-likeness (QED) is 0.451. The van der Waals surface area contributed by atoms with Crippen molar-refractivity contribution in [1.29, 1.82) is 0 Å². The molecule has 1 amide bonds. The van der Waals surface area contributed by atoms with E-state index >= 15 is 0 Å². The summed E-state index contributed by atoms with van der Waals surface area (Å²) in [7, 11) is 1.57. The maximum absolute atomic E-state index is 13.3. The Morgan fingerprint density at radius 3 is 2.91 bits per heavy atom. The number of methoxy groups -OCH3 is 1. The van der Waals surface area contributed by atoms with Gasteiger partial charge in [-0.2, -0.15) is 0 Å². The van der Waals surface area contributed by atoms with Crippen LogP contribution in [0.25, 0.3) is 22.2 Å². The summed E-state index contributed by atoms with van der Waals surface area (Å²) in [4.78, 5) is 16.8. The van der Waals surface area contributed by atoms with Crippen LogP contribution in [-0.2, 0) is 17.6 Å². The zero-order valence-corrected chi connectivity index (χ0v) is 19.9. The minimum atomic E-state index is -0.151. The molecule has 2 aromatic heterocycles. The molecule has 1 aliphatic heterocycles. The van der Waals surface area contributed by atoms with Crippen molar-refractivity contribution in [3.63, 3.8) is 0 Å². The molecule has 0 saturated heterocycles. The van der Waals surface area contributed by atoms with E-state index < -0.39 is 0 Å². The third kappa shape index (κ3) is 3.91. The van der Waals surface area contributed by atoms with E-state index in [9.17, 15) is 4.79 Å². The summed E-state index contributed by atoms with van der Waals surface area (Å²) in [6.07, 6.45) is 3.52. The normalized spacial score (nSPS) is 18.6. The predicted octanol–water partition coefficient (Wildman–Crippen LogP) is 4.48. The van der Waals surface area contributed by atoms with Gasteiger partial charge in [0.15, 0.2) is 0 Å². The smallest absolute Gasteiger partial charge is 0.233 e. The number of aromatic amines is 1. The van der Waals surface area contributed by atoms with E-state index in [1.165, 1.54) is 10.9 Å². The van der Waals surface area contributed by atoms with Crippen LogP contribution < -0.4 is 14.8 Å². The lowest BCUT2D eigenvalue weighted by Crippen LogP contribution is -2.38. The van der Waals surface area contributed by atoms with Gasteiger partial charge < -0.3 is 19.8 Å². The molecule has 0 saturated carbocycles. The summed E-state index contributed by atoms with van der Waals surface area (Å²) in [5.41, 5.74) is 7.39. The van der Waals surface area contributed by atoms with Gasteiger partial charge in [-0.1, -0.05) is 24.3 Å². The molecule has 0 bridgehead atoms. The summed E-state index contributed by atoms with van der Waals surface area (Å²) in [5, 5.41) is 12.8. The van der Waals surface area contributed by atoms with Gasteiger partial charge >= 0.3 is 0 Å². The van der Waals surface area contributed by atoms with E-state index in [-0.39, 0.29) is 17.9 Å². The van der Waals surface area contributed by atoms with Crippen LogP contribution in [0.5, 0.6) is 11.6 Å². The van der Waals surface area contributed by atoms with Crippen molar-refractivity contribution in [2.75, 3.05) is 13.7 Å². The molecule has 0 radical (unpaired) electrons. The van der Waals surface area contributed by atoms with E-state index in [0.29, 0.717) is 12.4 Å². The number of fused-ring (bicyclic) bond motifs is 4. The minimum Gasteiger partial charge on any atom is -0.487 e. The second kappa shape index (κ2) is 8.73. The molecule has 0 fully saturated rings. The SMILES string of the molecule is COc1ccc(-c2cc(C)cc3c2OC(CNC(=O)C2CCCc4c2[nH]c2ccccc42)C3)nn1. The molecule has 2 aromatic carbocycles. The van der Waals surface area contributed by atoms with Crippen LogP contribution in [0.2, 0.25) is 0 Å². The number of hydrogen-bond acceptors (Lipinski definition) is 5. The fourth-order valence-corrected chi connectivity index (χ4v) is 5.48. The van der Waals surface area contributed by atoms with Crippen molar-refractivity contribution in [3.05, 3.63) is 70.9 Å². The van der Waals surface area contributed by atoms with Crippen LogP contribution in [-0.4, -0.2) is 40.8 Å². The molecule has 7 heteroatoms. The minimum absolute atomic E-state index is 0.0643. The number of carbonyl (C=O) groups excluding carboxylic acids is 1. The molecule has 178 valence electrons. The van der Waals surface area contributed by atoms with Gasteiger partial charge in [-0.15, -0.1) is 10.2 Å². The van der Waals surface area contributed by atoms with Crippen LogP contribution >= 0.6 is 0 Å². The number of aryl methyl sites for hydroxylation is 2. The highest BCUT2D eigenvalue weighted by Gasteiger charge is 2.32. The summed E-state index contributed by atoms with van der Waals surface area (Å²) in [6.45, 7) is 2.53. The zero-order valence-electron chi connectivity index (χ0n) is 19.9. The number of nitrogens with one attached hydrogen (secondary N) is 2. The molecule has 1 aliphatic carbocycles. The third-order valence-corrected chi connectivity index (χ3v) is 7.10. The molecule has 2 aliphatic rings. The van der Waals surface area contributed by atoms with Crippen molar-refractivity contribution in [3.8, 4) is 22.9 Å². The van der Waals surface area contributed by atoms with Crippen LogP contribution in [0.15, 0.2) is 48.5 Å². The fraction of sp³-hybridized carbons (Fsp3) is 0.321. The molecule has 7 nitrogen and oxygen atoms in total. The number of H-pyrrole nitrogens is 1. The summed E-state index contributed by atoms with van der Waals surface area (Å²) in [6, 6.07) is 16.2. The first kappa shape index (κ1) is 21.6. The molecule has 35 heavy (non-hydrogen) atoms. The molecule has 6 rings (SSSR count). The number of carbonyl (C=O) groups is 1. The highest BCUT2D eigenvalue weighted by Crippen LogP contribution is 2.40. The van der Waals surface area contributed by atoms with Crippen LogP contribution in [0.1, 0.15) is 41.1 Å². The van der Waals surface area contributed by atoms with E-state index in [1.807, 2.05) is 12.1 Å². The molecule has 0 spiro atoms. The lowest BCUT2D eigenvalue weighted by Gasteiger charge is -2.23. The van der Waals surface area contributed by atoms with Gasteiger partial charge in [0.25, 0.3) is 0 Å². The first-order valence-corrected chi connectivity index (χ1v) is 12.2. The van der Waals surface area contributed by atoms with E-state index in [0.717, 1.165) is 65.0 Å². The number of rotatable bonds is 5. The van der Waals surface area contributed by atoms with Gasteiger partial charge in [-0.05, 0) is 61.1 Å². The Balaban J connectivity index is 1.17. The molecule has 2 N–H and O–H groups in total. The maximum atomic E-state index is 13.3. The average molecular weight is 469 g/mol. The molecule has 3 heterocycles. The lowest BCUT2D eigenvalue weighted by molar-refractivity contribution is -0.123. The Kier molecular flexibility index (Phi) is 5.40. The standard InChI is InChI=1S/C28H28N4O3/c1-16-12-17-14-18(35-27(17)22(13-16)24-10-11-25(34-2)32-31-24)15-29-28(33)21-8-5-7-20-19-6-3-4-9-23(19)30-26(20)21/h3-4,6,9-13,18,21,30H,5,7-8,14-15H2,1-2H3,(H,29,33). The monoisotopic (exact) mass is 468 g/mol. The largest absolute Gasteiger partial charge is 0.487 e. The predicted molar refractivity (Wildman–Crippen MR) is 134 cm³/mol. The highest BCUT2D eigenvalue weighted by molar-refractivity contribution is 5.90. The molecule has 4 aromatic rings. The Morgan fingerprint density at radius 1 is 1.20 bits per heavy atom.